The first-order valence-electron chi connectivity index (χ1n) is 3.88. The highest BCUT2D eigenvalue weighted by molar-refractivity contribution is 7.26. The topological polar surface area (TPSA) is 9.23 Å². The molecule has 0 radical (unpaired) electrons. The van der Waals surface area contributed by atoms with Crippen LogP contribution < -0.4 is 9.92 Å². The maximum absolute atomic E-state index is 6.30. The van der Waals surface area contributed by atoms with Crippen LogP contribution in [-0.2, 0) is 0 Å². The SMILES string of the molecule is COc1ccccc1[Si](C)(C)Cl. The van der Waals surface area contributed by atoms with Gasteiger partial charge in [0.1, 0.15) is 5.75 Å². The fourth-order valence-electron chi connectivity index (χ4n) is 1.14. The average Bonchev–Trinajstić information content (AvgIpc) is 2.03. The summed E-state index contributed by atoms with van der Waals surface area (Å²) >= 11 is 6.30. The lowest BCUT2D eigenvalue weighted by Crippen LogP contribution is -2.35. The Kier molecular flexibility index (Phi) is 2.80. The van der Waals surface area contributed by atoms with Crippen LogP contribution in [0.1, 0.15) is 0 Å². The summed E-state index contributed by atoms with van der Waals surface area (Å²) in [6, 6.07) is 7.94. The van der Waals surface area contributed by atoms with Crippen LogP contribution in [0.15, 0.2) is 24.3 Å². The Morgan fingerprint density at radius 1 is 1.25 bits per heavy atom. The predicted octanol–water partition coefficient (Wildman–Crippen LogP) is 2.35. The highest BCUT2D eigenvalue weighted by Crippen LogP contribution is 2.16. The van der Waals surface area contributed by atoms with Gasteiger partial charge in [0.15, 0.2) is 7.38 Å². The average molecular weight is 201 g/mol. The molecule has 0 bridgehead atoms. The van der Waals surface area contributed by atoms with E-state index in [1.54, 1.807) is 7.11 Å². The molecule has 0 amide bonds. The normalized spacial score (nSPS) is 11.3. The maximum Gasteiger partial charge on any atom is 0.185 e. The molecular formula is C9H13ClOSi. The van der Waals surface area contributed by atoms with Crippen LogP contribution in [0, 0.1) is 0 Å². The number of rotatable bonds is 2. The molecule has 0 heterocycles. The van der Waals surface area contributed by atoms with Crippen LogP contribution in [0.5, 0.6) is 5.75 Å². The fourth-order valence-corrected chi connectivity index (χ4v) is 2.87. The molecule has 0 N–H and O–H groups in total. The third-order valence-corrected chi connectivity index (χ3v) is 4.05. The Morgan fingerprint density at radius 3 is 2.25 bits per heavy atom. The van der Waals surface area contributed by atoms with Crippen molar-refractivity contribution in [2.75, 3.05) is 7.11 Å². The van der Waals surface area contributed by atoms with Crippen molar-refractivity contribution in [3.05, 3.63) is 24.3 Å². The summed E-state index contributed by atoms with van der Waals surface area (Å²) in [6.45, 7) is 4.18. The highest BCUT2D eigenvalue weighted by Gasteiger charge is 2.23. The van der Waals surface area contributed by atoms with Crippen molar-refractivity contribution in [3.63, 3.8) is 0 Å². The first kappa shape index (κ1) is 9.61. The zero-order valence-corrected chi connectivity index (χ0v) is 9.35. The van der Waals surface area contributed by atoms with Gasteiger partial charge in [-0.3, -0.25) is 0 Å². The lowest BCUT2D eigenvalue weighted by Gasteiger charge is -2.16. The summed E-state index contributed by atoms with van der Waals surface area (Å²) in [4.78, 5) is 0. The minimum atomic E-state index is -1.75. The minimum Gasteiger partial charge on any atom is -0.497 e. The zero-order valence-electron chi connectivity index (χ0n) is 7.60. The smallest absolute Gasteiger partial charge is 0.185 e. The number of ether oxygens (including phenoxy) is 1. The van der Waals surface area contributed by atoms with Crippen molar-refractivity contribution in [3.8, 4) is 5.75 Å². The van der Waals surface area contributed by atoms with E-state index in [1.165, 1.54) is 0 Å². The van der Waals surface area contributed by atoms with E-state index in [0.717, 1.165) is 10.9 Å². The zero-order chi connectivity index (χ0) is 9.19. The minimum absolute atomic E-state index is 0.907. The lowest BCUT2D eigenvalue weighted by atomic mass is 10.3. The van der Waals surface area contributed by atoms with E-state index in [2.05, 4.69) is 13.1 Å². The summed E-state index contributed by atoms with van der Waals surface area (Å²) in [5.74, 6) is 0.907. The van der Waals surface area contributed by atoms with Crippen LogP contribution in [0.4, 0.5) is 0 Å². The Morgan fingerprint density at radius 2 is 1.83 bits per heavy atom. The molecule has 1 aromatic carbocycles. The maximum atomic E-state index is 6.30. The molecule has 0 aliphatic carbocycles. The van der Waals surface area contributed by atoms with E-state index in [4.69, 9.17) is 15.8 Å². The number of halogens is 1. The first-order chi connectivity index (χ1) is 5.55. The van der Waals surface area contributed by atoms with Crippen LogP contribution in [-0.4, -0.2) is 14.5 Å². The molecule has 0 atom stereocenters. The molecule has 0 fully saturated rings. The molecule has 0 aliphatic rings. The summed E-state index contributed by atoms with van der Waals surface area (Å²) in [5, 5.41) is 1.16. The predicted molar refractivity (Wildman–Crippen MR) is 56.0 cm³/mol. The van der Waals surface area contributed by atoms with Gasteiger partial charge < -0.3 is 4.74 Å². The third-order valence-electron chi connectivity index (χ3n) is 1.75. The van der Waals surface area contributed by atoms with Gasteiger partial charge in [0, 0.05) is 0 Å². The number of benzene rings is 1. The highest BCUT2D eigenvalue weighted by atomic mass is 35.6. The Balaban J connectivity index is 3.14. The van der Waals surface area contributed by atoms with E-state index in [9.17, 15) is 0 Å². The molecule has 1 nitrogen and oxygen atoms in total. The van der Waals surface area contributed by atoms with Crippen molar-refractivity contribution in [1.29, 1.82) is 0 Å². The van der Waals surface area contributed by atoms with E-state index in [1.807, 2.05) is 24.3 Å². The molecule has 12 heavy (non-hydrogen) atoms. The molecule has 0 aliphatic heterocycles. The second kappa shape index (κ2) is 3.50. The standard InChI is InChI=1S/C9H13ClOSi/c1-11-8-6-4-5-7-9(8)12(2,3)10/h4-7H,1-3H3. The van der Waals surface area contributed by atoms with Crippen molar-refractivity contribution in [1.82, 2.24) is 0 Å². The molecule has 0 aromatic heterocycles. The molecule has 0 unspecified atom stereocenters. The Hall–Kier alpha value is -0.473. The van der Waals surface area contributed by atoms with Gasteiger partial charge in [0.05, 0.1) is 7.11 Å². The summed E-state index contributed by atoms with van der Waals surface area (Å²) in [6.07, 6.45) is 0. The van der Waals surface area contributed by atoms with E-state index < -0.39 is 7.38 Å². The second-order valence-corrected chi connectivity index (χ2v) is 9.49. The summed E-state index contributed by atoms with van der Waals surface area (Å²) in [5.41, 5.74) is 0. The van der Waals surface area contributed by atoms with Crippen molar-refractivity contribution in [2.24, 2.45) is 0 Å². The molecule has 0 saturated carbocycles. The number of methoxy groups -OCH3 is 1. The largest absolute Gasteiger partial charge is 0.497 e. The molecular weight excluding hydrogens is 188 g/mol. The van der Waals surface area contributed by atoms with Crippen LogP contribution >= 0.6 is 11.1 Å². The van der Waals surface area contributed by atoms with Gasteiger partial charge in [0.25, 0.3) is 0 Å². The fraction of sp³-hybridized carbons (Fsp3) is 0.333. The lowest BCUT2D eigenvalue weighted by molar-refractivity contribution is 0.418. The van der Waals surface area contributed by atoms with Crippen molar-refractivity contribution >= 4 is 23.6 Å². The Labute approximate surface area is 79.0 Å². The molecule has 0 saturated heterocycles. The van der Waals surface area contributed by atoms with Gasteiger partial charge >= 0.3 is 0 Å². The van der Waals surface area contributed by atoms with Gasteiger partial charge in [0.2, 0.25) is 0 Å². The first-order valence-corrected chi connectivity index (χ1v) is 7.89. The van der Waals surface area contributed by atoms with E-state index >= 15 is 0 Å². The summed E-state index contributed by atoms with van der Waals surface area (Å²) in [7, 11) is -0.0752. The van der Waals surface area contributed by atoms with Crippen LogP contribution in [0.25, 0.3) is 0 Å². The van der Waals surface area contributed by atoms with Crippen LogP contribution in [0.2, 0.25) is 13.1 Å². The quantitative estimate of drug-likeness (QED) is 0.526. The van der Waals surface area contributed by atoms with Crippen molar-refractivity contribution < 1.29 is 4.74 Å². The molecule has 1 aromatic rings. The number of hydrogen-bond donors (Lipinski definition) is 0. The van der Waals surface area contributed by atoms with Gasteiger partial charge in [-0.15, -0.1) is 0 Å². The second-order valence-electron chi connectivity index (χ2n) is 3.17. The molecule has 0 spiro atoms. The Bertz CT molecular complexity index is 267. The van der Waals surface area contributed by atoms with Crippen LogP contribution in [0.3, 0.4) is 0 Å². The monoisotopic (exact) mass is 200 g/mol. The summed E-state index contributed by atoms with van der Waals surface area (Å²) < 4.78 is 5.22. The molecule has 66 valence electrons. The van der Waals surface area contributed by atoms with Gasteiger partial charge in [-0.1, -0.05) is 31.3 Å². The molecule has 1 rings (SSSR count). The van der Waals surface area contributed by atoms with Gasteiger partial charge in [-0.2, -0.15) is 11.1 Å². The van der Waals surface area contributed by atoms with E-state index in [-0.39, 0.29) is 0 Å². The molecule has 3 heteroatoms. The van der Waals surface area contributed by atoms with Gasteiger partial charge in [-0.25, -0.2) is 0 Å². The van der Waals surface area contributed by atoms with Crippen molar-refractivity contribution in [2.45, 2.75) is 13.1 Å². The number of para-hydroxylation sites is 1. The van der Waals surface area contributed by atoms with Gasteiger partial charge in [-0.05, 0) is 11.3 Å². The number of hydrogen-bond acceptors (Lipinski definition) is 1. The third kappa shape index (κ3) is 2.02. The van der Waals surface area contributed by atoms with E-state index in [0.29, 0.717) is 0 Å².